The van der Waals surface area contributed by atoms with Crippen molar-refractivity contribution in [3.8, 4) is 11.1 Å². The number of hydrogen-bond acceptors (Lipinski definition) is 5. The Kier molecular flexibility index (Phi) is 4.84. The van der Waals surface area contributed by atoms with Gasteiger partial charge in [0.15, 0.2) is 11.5 Å². The molecule has 2 aromatic heterocycles. The Morgan fingerprint density at radius 1 is 1.10 bits per heavy atom. The smallest absolute Gasteiger partial charge is 0.292 e. The number of nitrogens with two attached hydrogens (primary N) is 1. The molecule has 4 rings (SSSR count). The van der Waals surface area contributed by atoms with Crippen molar-refractivity contribution >= 4 is 33.9 Å². The Bertz CT molecular complexity index is 1140. The van der Waals surface area contributed by atoms with E-state index in [1.165, 1.54) is 11.3 Å². The van der Waals surface area contributed by atoms with E-state index in [4.69, 9.17) is 10.2 Å². The van der Waals surface area contributed by atoms with Gasteiger partial charge in [0, 0.05) is 28.8 Å². The molecule has 1 aromatic carbocycles. The number of primary amides is 1. The summed E-state index contributed by atoms with van der Waals surface area (Å²) in [5, 5.41) is 3.15. The number of fused-ring (bicyclic) bond motifs is 1. The molecule has 2 amide bonds. The van der Waals surface area contributed by atoms with E-state index in [2.05, 4.69) is 5.32 Å². The van der Waals surface area contributed by atoms with E-state index in [9.17, 15) is 14.4 Å². The highest BCUT2D eigenvalue weighted by molar-refractivity contribution is 7.17. The molecule has 7 heteroatoms. The van der Waals surface area contributed by atoms with E-state index in [0.717, 1.165) is 16.9 Å². The van der Waals surface area contributed by atoms with Gasteiger partial charge >= 0.3 is 0 Å². The molecule has 148 valence electrons. The van der Waals surface area contributed by atoms with Crippen LogP contribution in [0.4, 0.5) is 5.00 Å². The number of anilines is 1. The van der Waals surface area contributed by atoms with Crippen LogP contribution in [0.1, 0.15) is 60.3 Å². The van der Waals surface area contributed by atoms with Crippen LogP contribution in [0.25, 0.3) is 11.1 Å². The molecule has 0 unspecified atom stereocenters. The van der Waals surface area contributed by atoms with E-state index in [0.29, 0.717) is 40.3 Å². The number of carbonyl (C=O) groups excluding carboxylic acids is 3. The number of rotatable bonds is 4. The van der Waals surface area contributed by atoms with Crippen LogP contribution in [0, 0.1) is 13.8 Å². The van der Waals surface area contributed by atoms with E-state index in [-0.39, 0.29) is 17.1 Å². The molecule has 2 heterocycles. The molecule has 0 saturated carbocycles. The number of nitrogens with one attached hydrogen (secondary N) is 1. The van der Waals surface area contributed by atoms with Crippen LogP contribution >= 0.6 is 11.3 Å². The minimum atomic E-state index is -0.617. The fourth-order valence-corrected chi connectivity index (χ4v) is 4.92. The molecule has 0 fully saturated rings. The molecule has 29 heavy (non-hydrogen) atoms. The van der Waals surface area contributed by atoms with Crippen molar-refractivity contribution in [3.63, 3.8) is 0 Å². The van der Waals surface area contributed by atoms with Crippen molar-refractivity contribution < 1.29 is 18.8 Å². The second-order valence-electron chi connectivity index (χ2n) is 7.05. The molecule has 0 saturated heterocycles. The molecule has 3 N–H and O–H groups in total. The van der Waals surface area contributed by atoms with Gasteiger partial charge in [0.2, 0.25) is 0 Å². The van der Waals surface area contributed by atoms with Crippen LogP contribution in [0.15, 0.2) is 34.7 Å². The molecule has 0 atom stereocenters. The largest absolute Gasteiger partial charge is 0.455 e. The van der Waals surface area contributed by atoms with Gasteiger partial charge in [-0.05, 0) is 25.8 Å². The highest BCUT2D eigenvalue weighted by atomic mass is 32.1. The lowest BCUT2D eigenvalue weighted by molar-refractivity contribution is 0.0961. The summed E-state index contributed by atoms with van der Waals surface area (Å²) in [6.07, 6.45) is 1.82. The minimum Gasteiger partial charge on any atom is -0.455 e. The van der Waals surface area contributed by atoms with Crippen molar-refractivity contribution in [2.75, 3.05) is 5.32 Å². The maximum atomic E-state index is 12.9. The highest BCUT2D eigenvalue weighted by Crippen LogP contribution is 2.40. The summed E-state index contributed by atoms with van der Waals surface area (Å²) in [7, 11) is 0. The van der Waals surface area contributed by atoms with E-state index >= 15 is 0 Å². The fourth-order valence-electron chi connectivity index (χ4n) is 3.85. The SMILES string of the molecule is Cc1sc(NC(=O)c2oc3c(c2C)C(=O)CCC3)c(C(N)=O)c1-c1ccccc1. The topological polar surface area (TPSA) is 102 Å². The summed E-state index contributed by atoms with van der Waals surface area (Å²) in [6, 6.07) is 9.43. The number of ketones is 1. The Balaban J connectivity index is 1.73. The predicted octanol–water partition coefficient (Wildman–Crippen LogP) is 4.50. The molecule has 0 bridgehead atoms. The van der Waals surface area contributed by atoms with Crippen LogP contribution in [-0.2, 0) is 6.42 Å². The number of benzene rings is 1. The number of Topliss-reactive ketones (excluding diaryl/α,β-unsaturated/α-hetero) is 1. The van der Waals surface area contributed by atoms with Gasteiger partial charge in [0.1, 0.15) is 10.8 Å². The monoisotopic (exact) mass is 408 g/mol. The first-order valence-electron chi connectivity index (χ1n) is 9.34. The quantitative estimate of drug-likeness (QED) is 0.664. The first kappa shape index (κ1) is 19.1. The molecule has 0 spiro atoms. The van der Waals surface area contributed by atoms with E-state index in [1.54, 1.807) is 6.92 Å². The zero-order valence-electron chi connectivity index (χ0n) is 16.1. The summed E-state index contributed by atoms with van der Waals surface area (Å²) in [5.74, 6) is -0.441. The predicted molar refractivity (Wildman–Crippen MR) is 112 cm³/mol. The van der Waals surface area contributed by atoms with Crippen LogP contribution < -0.4 is 11.1 Å². The number of furan rings is 1. The molecular weight excluding hydrogens is 388 g/mol. The third-order valence-corrected chi connectivity index (χ3v) is 6.15. The maximum absolute atomic E-state index is 12.9. The van der Waals surface area contributed by atoms with Gasteiger partial charge in [0.05, 0.1) is 11.1 Å². The van der Waals surface area contributed by atoms with Gasteiger partial charge in [-0.2, -0.15) is 0 Å². The Hall–Kier alpha value is -3.19. The molecular formula is C22H20N2O4S. The van der Waals surface area contributed by atoms with Crippen LogP contribution in [-0.4, -0.2) is 17.6 Å². The second kappa shape index (κ2) is 7.33. The Morgan fingerprint density at radius 3 is 2.48 bits per heavy atom. The third kappa shape index (κ3) is 3.27. The summed E-state index contributed by atoms with van der Waals surface area (Å²) in [5.41, 5.74) is 8.55. The van der Waals surface area contributed by atoms with Gasteiger partial charge in [-0.25, -0.2) is 0 Å². The van der Waals surface area contributed by atoms with E-state index in [1.807, 2.05) is 37.3 Å². The minimum absolute atomic E-state index is 0.00251. The highest BCUT2D eigenvalue weighted by Gasteiger charge is 2.30. The normalized spacial score (nSPS) is 13.2. The van der Waals surface area contributed by atoms with Gasteiger partial charge in [0.25, 0.3) is 11.8 Å². The van der Waals surface area contributed by atoms with Gasteiger partial charge in [-0.15, -0.1) is 11.3 Å². The lowest BCUT2D eigenvalue weighted by Crippen LogP contribution is -2.17. The van der Waals surface area contributed by atoms with Gasteiger partial charge < -0.3 is 15.5 Å². The standard InChI is InChI=1S/C22H20N2O4S/c1-11-16-14(25)9-6-10-15(16)28-19(11)21(27)24-22-18(20(23)26)17(12(2)29-22)13-7-4-3-5-8-13/h3-5,7-8H,6,9-10H2,1-2H3,(H2,23,26)(H,24,27). The zero-order chi connectivity index (χ0) is 20.7. The number of amides is 2. The molecule has 3 aromatic rings. The molecule has 0 aliphatic heterocycles. The van der Waals surface area contributed by atoms with Crippen molar-refractivity contribution in [1.82, 2.24) is 0 Å². The lowest BCUT2D eigenvalue weighted by Gasteiger charge is -2.07. The van der Waals surface area contributed by atoms with E-state index < -0.39 is 11.8 Å². The van der Waals surface area contributed by atoms with Crippen molar-refractivity contribution in [2.24, 2.45) is 5.73 Å². The lowest BCUT2D eigenvalue weighted by atomic mass is 9.94. The first-order valence-corrected chi connectivity index (χ1v) is 10.2. The number of thiophene rings is 1. The van der Waals surface area contributed by atoms with Crippen LogP contribution in [0.3, 0.4) is 0 Å². The second-order valence-corrected chi connectivity index (χ2v) is 8.28. The fraction of sp³-hybridized carbons (Fsp3) is 0.227. The zero-order valence-corrected chi connectivity index (χ0v) is 16.9. The molecule has 6 nitrogen and oxygen atoms in total. The molecule has 0 radical (unpaired) electrons. The number of carbonyl (C=O) groups is 3. The number of aryl methyl sites for hydroxylation is 2. The van der Waals surface area contributed by atoms with Crippen molar-refractivity contribution in [3.05, 3.63) is 63.4 Å². The summed E-state index contributed by atoms with van der Waals surface area (Å²) in [4.78, 5) is 38.2. The Morgan fingerprint density at radius 2 is 1.83 bits per heavy atom. The summed E-state index contributed by atoms with van der Waals surface area (Å²) in [6.45, 7) is 3.59. The van der Waals surface area contributed by atoms with Crippen molar-refractivity contribution in [1.29, 1.82) is 0 Å². The third-order valence-electron chi connectivity index (χ3n) is 5.13. The van der Waals surface area contributed by atoms with Crippen molar-refractivity contribution in [2.45, 2.75) is 33.1 Å². The molecule has 1 aliphatic carbocycles. The van der Waals surface area contributed by atoms with Crippen LogP contribution in [0.2, 0.25) is 0 Å². The number of hydrogen-bond donors (Lipinski definition) is 2. The summed E-state index contributed by atoms with van der Waals surface area (Å²) < 4.78 is 5.72. The molecule has 1 aliphatic rings. The summed E-state index contributed by atoms with van der Waals surface area (Å²) >= 11 is 1.29. The van der Waals surface area contributed by atoms with Crippen LogP contribution in [0.5, 0.6) is 0 Å². The maximum Gasteiger partial charge on any atom is 0.292 e. The first-order chi connectivity index (χ1) is 13.9. The van der Waals surface area contributed by atoms with Gasteiger partial charge in [-0.3, -0.25) is 14.4 Å². The average molecular weight is 408 g/mol. The Labute approximate surface area is 171 Å². The average Bonchev–Trinajstić information content (AvgIpc) is 3.20. The van der Waals surface area contributed by atoms with Gasteiger partial charge in [-0.1, -0.05) is 30.3 Å².